The van der Waals surface area contributed by atoms with Crippen molar-refractivity contribution in [2.75, 3.05) is 20.2 Å². The molecule has 0 radical (unpaired) electrons. The summed E-state index contributed by atoms with van der Waals surface area (Å²) in [6.07, 6.45) is 0.626. The second-order valence-electron chi connectivity index (χ2n) is 4.49. The van der Waals surface area contributed by atoms with E-state index in [1.807, 2.05) is 4.90 Å². The van der Waals surface area contributed by atoms with Crippen LogP contribution in [0.4, 0.5) is 4.39 Å². The molecule has 1 aliphatic rings. The van der Waals surface area contributed by atoms with Gasteiger partial charge in [-0.25, -0.2) is 4.39 Å². The average molecular weight is 253 g/mol. The van der Waals surface area contributed by atoms with Crippen molar-refractivity contribution in [2.24, 2.45) is 5.92 Å². The number of methoxy groups -OCH3 is 1. The predicted molar refractivity (Wildman–Crippen MR) is 64.0 cm³/mol. The Morgan fingerprint density at radius 3 is 3.00 bits per heavy atom. The lowest BCUT2D eigenvalue weighted by Crippen LogP contribution is -2.23. The van der Waals surface area contributed by atoms with Gasteiger partial charge in [0, 0.05) is 18.7 Å². The lowest BCUT2D eigenvalue weighted by Gasteiger charge is -2.16. The number of carbonyl (C=O) groups is 1. The predicted octanol–water partition coefficient (Wildman–Crippen LogP) is 1.74. The molecule has 0 aliphatic carbocycles. The fourth-order valence-corrected chi connectivity index (χ4v) is 2.25. The molecule has 0 aromatic heterocycles. The maximum Gasteiger partial charge on any atom is 0.307 e. The Morgan fingerprint density at radius 1 is 1.61 bits per heavy atom. The molecule has 98 valence electrons. The van der Waals surface area contributed by atoms with Crippen LogP contribution in [0.2, 0.25) is 0 Å². The van der Waals surface area contributed by atoms with E-state index in [2.05, 4.69) is 0 Å². The zero-order valence-electron chi connectivity index (χ0n) is 10.2. The first kappa shape index (κ1) is 12.8. The number of aliphatic carboxylic acids is 1. The summed E-state index contributed by atoms with van der Waals surface area (Å²) < 4.78 is 18.8. The van der Waals surface area contributed by atoms with Crippen molar-refractivity contribution in [1.29, 1.82) is 0 Å². The van der Waals surface area contributed by atoms with E-state index in [0.29, 0.717) is 31.6 Å². The van der Waals surface area contributed by atoms with E-state index in [1.54, 1.807) is 18.2 Å². The normalized spacial score (nSPS) is 20.0. The van der Waals surface area contributed by atoms with Crippen LogP contribution in [0.15, 0.2) is 18.2 Å². The van der Waals surface area contributed by atoms with Gasteiger partial charge in [-0.2, -0.15) is 0 Å². The quantitative estimate of drug-likeness (QED) is 0.888. The van der Waals surface area contributed by atoms with Gasteiger partial charge in [-0.15, -0.1) is 0 Å². The minimum atomic E-state index is -0.774. The van der Waals surface area contributed by atoms with Crippen molar-refractivity contribution in [3.63, 3.8) is 0 Å². The molecule has 2 rings (SSSR count). The summed E-state index contributed by atoms with van der Waals surface area (Å²) in [6.45, 7) is 1.59. The van der Waals surface area contributed by atoms with E-state index < -0.39 is 5.97 Å². The maximum absolute atomic E-state index is 13.9. The molecule has 1 heterocycles. The molecule has 0 saturated carbocycles. The second-order valence-corrected chi connectivity index (χ2v) is 4.49. The number of carboxylic acid groups (broad SMARTS) is 1. The summed E-state index contributed by atoms with van der Waals surface area (Å²) in [5.74, 6) is -1.25. The molecule has 0 spiro atoms. The van der Waals surface area contributed by atoms with Gasteiger partial charge >= 0.3 is 5.97 Å². The Bertz CT molecular complexity index is 450. The van der Waals surface area contributed by atoms with Crippen LogP contribution in [0, 0.1) is 11.7 Å². The number of benzene rings is 1. The molecule has 1 saturated heterocycles. The summed E-state index contributed by atoms with van der Waals surface area (Å²) in [4.78, 5) is 12.8. The van der Waals surface area contributed by atoms with Crippen LogP contribution < -0.4 is 4.74 Å². The molecule has 1 fully saturated rings. The van der Waals surface area contributed by atoms with E-state index in [-0.39, 0.29) is 17.5 Å². The fourth-order valence-electron chi connectivity index (χ4n) is 2.25. The summed E-state index contributed by atoms with van der Waals surface area (Å²) in [7, 11) is 1.43. The molecular weight excluding hydrogens is 237 g/mol. The topological polar surface area (TPSA) is 49.8 Å². The second kappa shape index (κ2) is 5.35. The van der Waals surface area contributed by atoms with Crippen molar-refractivity contribution in [3.8, 4) is 5.75 Å². The van der Waals surface area contributed by atoms with Crippen LogP contribution in [0.1, 0.15) is 12.0 Å². The highest BCUT2D eigenvalue weighted by molar-refractivity contribution is 5.70. The van der Waals surface area contributed by atoms with Crippen molar-refractivity contribution in [1.82, 2.24) is 4.90 Å². The first-order valence-electron chi connectivity index (χ1n) is 5.88. The van der Waals surface area contributed by atoms with Crippen LogP contribution >= 0.6 is 0 Å². The molecule has 1 aromatic rings. The summed E-state index contributed by atoms with van der Waals surface area (Å²) in [6, 6.07) is 5.01. The zero-order chi connectivity index (χ0) is 13.1. The van der Waals surface area contributed by atoms with Crippen LogP contribution in [-0.4, -0.2) is 36.2 Å². The molecule has 18 heavy (non-hydrogen) atoms. The third kappa shape index (κ3) is 2.61. The molecule has 4 nitrogen and oxygen atoms in total. The van der Waals surface area contributed by atoms with E-state index >= 15 is 0 Å². The van der Waals surface area contributed by atoms with Gasteiger partial charge in [-0.1, -0.05) is 12.1 Å². The number of likely N-dealkylation sites (tertiary alicyclic amines) is 1. The largest absolute Gasteiger partial charge is 0.494 e. The zero-order valence-corrected chi connectivity index (χ0v) is 10.2. The summed E-state index contributed by atoms with van der Waals surface area (Å²) in [5, 5.41) is 8.91. The molecule has 0 amide bonds. The average Bonchev–Trinajstić information content (AvgIpc) is 2.80. The maximum atomic E-state index is 13.9. The molecule has 1 N–H and O–H groups in total. The van der Waals surface area contributed by atoms with E-state index in [0.717, 1.165) is 0 Å². The SMILES string of the molecule is COc1cccc(CN2CCC(C(=O)O)C2)c1F. The molecular formula is C13H16FNO3. The summed E-state index contributed by atoms with van der Waals surface area (Å²) in [5.41, 5.74) is 0.542. The van der Waals surface area contributed by atoms with Gasteiger partial charge in [-0.05, 0) is 19.0 Å². The van der Waals surface area contributed by atoms with E-state index in [9.17, 15) is 9.18 Å². The van der Waals surface area contributed by atoms with Crippen LogP contribution in [-0.2, 0) is 11.3 Å². The first-order valence-corrected chi connectivity index (χ1v) is 5.88. The summed E-state index contributed by atoms with van der Waals surface area (Å²) >= 11 is 0. The highest BCUT2D eigenvalue weighted by atomic mass is 19.1. The molecule has 1 unspecified atom stereocenters. The van der Waals surface area contributed by atoms with Crippen molar-refractivity contribution < 1.29 is 19.0 Å². The monoisotopic (exact) mass is 253 g/mol. The van der Waals surface area contributed by atoms with Crippen molar-refractivity contribution in [3.05, 3.63) is 29.6 Å². The Labute approximate surface area is 105 Å². The number of rotatable bonds is 4. The number of carboxylic acids is 1. The van der Waals surface area contributed by atoms with Gasteiger partial charge in [0.1, 0.15) is 0 Å². The fraction of sp³-hybridized carbons (Fsp3) is 0.462. The lowest BCUT2D eigenvalue weighted by molar-refractivity contribution is -0.141. The van der Waals surface area contributed by atoms with E-state index in [4.69, 9.17) is 9.84 Å². The minimum absolute atomic E-state index is 0.224. The Morgan fingerprint density at radius 2 is 2.39 bits per heavy atom. The Hall–Kier alpha value is -1.62. The van der Waals surface area contributed by atoms with Crippen molar-refractivity contribution >= 4 is 5.97 Å². The van der Waals surface area contributed by atoms with Crippen molar-refractivity contribution in [2.45, 2.75) is 13.0 Å². The van der Waals surface area contributed by atoms with Crippen LogP contribution in [0.5, 0.6) is 5.75 Å². The molecule has 1 aromatic carbocycles. The van der Waals surface area contributed by atoms with Crippen LogP contribution in [0.3, 0.4) is 0 Å². The third-order valence-electron chi connectivity index (χ3n) is 3.28. The molecule has 1 atom stereocenters. The first-order chi connectivity index (χ1) is 8.61. The number of hydrogen-bond donors (Lipinski definition) is 1. The number of halogens is 1. The Kier molecular flexibility index (Phi) is 3.81. The standard InChI is InChI=1S/C13H16FNO3/c1-18-11-4-2-3-9(12(11)14)7-15-6-5-10(8-15)13(16)17/h2-4,10H,5-8H2,1H3,(H,16,17). The van der Waals surface area contributed by atoms with Gasteiger partial charge in [-0.3, -0.25) is 9.69 Å². The van der Waals surface area contributed by atoms with Gasteiger partial charge in [0.2, 0.25) is 0 Å². The van der Waals surface area contributed by atoms with Gasteiger partial charge < -0.3 is 9.84 Å². The molecule has 1 aliphatic heterocycles. The highest BCUT2D eigenvalue weighted by Gasteiger charge is 2.28. The molecule has 5 heteroatoms. The van der Waals surface area contributed by atoms with Crippen LogP contribution in [0.25, 0.3) is 0 Å². The lowest BCUT2D eigenvalue weighted by atomic mass is 10.1. The smallest absolute Gasteiger partial charge is 0.307 e. The number of hydrogen-bond acceptors (Lipinski definition) is 3. The third-order valence-corrected chi connectivity index (χ3v) is 3.28. The molecule has 0 bridgehead atoms. The van der Waals surface area contributed by atoms with Gasteiger partial charge in [0.15, 0.2) is 11.6 Å². The number of ether oxygens (including phenoxy) is 1. The highest BCUT2D eigenvalue weighted by Crippen LogP contribution is 2.24. The minimum Gasteiger partial charge on any atom is -0.494 e. The van der Waals surface area contributed by atoms with Gasteiger partial charge in [0.25, 0.3) is 0 Å². The van der Waals surface area contributed by atoms with Gasteiger partial charge in [0.05, 0.1) is 13.0 Å². The van der Waals surface area contributed by atoms with E-state index in [1.165, 1.54) is 7.11 Å². The Balaban J connectivity index is 2.05. The number of nitrogens with zero attached hydrogens (tertiary/aromatic N) is 1.